The highest BCUT2D eigenvalue weighted by atomic mass is 32.1. The Kier molecular flexibility index (Phi) is 3.49. The molecule has 0 fully saturated rings. The molecule has 0 aliphatic rings. The van der Waals surface area contributed by atoms with E-state index in [0.717, 1.165) is 15.7 Å². The van der Waals surface area contributed by atoms with Crippen molar-refractivity contribution < 1.29 is 9.76 Å². The Morgan fingerprint density at radius 1 is 1.28 bits per heavy atom. The van der Waals surface area contributed by atoms with Crippen molar-refractivity contribution in [3.05, 3.63) is 23.7 Å². The quantitative estimate of drug-likeness (QED) is 0.856. The van der Waals surface area contributed by atoms with Gasteiger partial charge < -0.3 is 9.76 Å². The van der Waals surface area contributed by atoms with Gasteiger partial charge in [-0.3, -0.25) is 0 Å². The number of nitrogens with zero attached hydrogens (tertiary/aromatic N) is 1. The van der Waals surface area contributed by atoms with Crippen molar-refractivity contribution in [3.8, 4) is 0 Å². The molecule has 1 heterocycles. The fourth-order valence-corrected chi connectivity index (χ4v) is 2.17. The van der Waals surface area contributed by atoms with Crippen LogP contribution in [0.25, 0.3) is 10.2 Å². The summed E-state index contributed by atoms with van der Waals surface area (Å²) in [6.07, 6.45) is 0. The van der Waals surface area contributed by atoms with Gasteiger partial charge in [0, 0.05) is 0 Å². The Balaban J connectivity index is 2.10. The third kappa shape index (κ3) is 2.74. The summed E-state index contributed by atoms with van der Waals surface area (Å²) >= 11 is 1.62. The van der Waals surface area contributed by atoms with Crippen LogP contribution in [0.4, 0.5) is 0 Å². The highest BCUT2D eigenvalue weighted by Gasteiger charge is 2.35. The first kappa shape index (κ1) is 13.5. The molecule has 1 aromatic heterocycles. The van der Waals surface area contributed by atoms with Gasteiger partial charge >= 0.3 is 7.48 Å². The maximum absolute atomic E-state index is 10.0. The van der Waals surface area contributed by atoms with Gasteiger partial charge in [0.2, 0.25) is 0 Å². The van der Waals surface area contributed by atoms with Gasteiger partial charge in [-0.1, -0.05) is 11.5 Å². The summed E-state index contributed by atoms with van der Waals surface area (Å²) in [5.74, 6) is 0. The smallest absolute Gasteiger partial charge is 0.309 e. The zero-order valence-corrected chi connectivity index (χ0v) is 12.0. The van der Waals surface area contributed by atoms with E-state index in [1.807, 2.05) is 31.5 Å². The first-order valence-corrected chi connectivity index (χ1v) is 6.86. The lowest BCUT2D eigenvalue weighted by Gasteiger charge is -2.37. The number of benzene rings is 1. The fraction of sp³-hybridized carbons (Fsp3) is 0.462. The number of hydrogen-bond donors (Lipinski definition) is 1. The molecule has 0 aliphatic heterocycles. The second-order valence-electron chi connectivity index (χ2n) is 5.51. The Labute approximate surface area is 112 Å². The Morgan fingerprint density at radius 2 is 2.00 bits per heavy atom. The molecule has 0 aliphatic carbocycles. The summed E-state index contributed by atoms with van der Waals surface area (Å²) in [5, 5.41) is 10.0. The summed E-state index contributed by atoms with van der Waals surface area (Å²) in [7, 11) is 0.491. The minimum Gasteiger partial charge on any atom is -0.427 e. The van der Waals surface area contributed by atoms with E-state index in [-0.39, 0.29) is 0 Å². The van der Waals surface area contributed by atoms with Crippen LogP contribution in [0.1, 0.15) is 27.7 Å². The molecule has 1 aromatic carbocycles. The zero-order chi connectivity index (χ0) is 13.4. The van der Waals surface area contributed by atoms with Crippen LogP contribution in [0.15, 0.2) is 23.7 Å². The van der Waals surface area contributed by atoms with Crippen LogP contribution in [-0.2, 0) is 4.65 Å². The zero-order valence-electron chi connectivity index (χ0n) is 11.2. The van der Waals surface area contributed by atoms with E-state index >= 15 is 0 Å². The average Bonchev–Trinajstić information content (AvgIpc) is 2.71. The maximum atomic E-state index is 10.0. The standard InChI is InChI=1S/C13H18BNO2S/c1-12(2,16)13(3,4)17-14-9-5-6-10-11(7-9)18-8-15-10/h5-8,14,16H,1-4H3. The molecule has 0 radical (unpaired) electrons. The molecule has 1 N–H and O–H groups in total. The lowest BCUT2D eigenvalue weighted by molar-refractivity contribution is -0.0893. The molecule has 3 nitrogen and oxygen atoms in total. The van der Waals surface area contributed by atoms with Crippen molar-refractivity contribution in [1.82, 2.24) is 4.98 Å². The first-order chi connectivity index (χ1) is 8.29. The van der Waals surface area contributed by atoms with Gasteiger partial charge in [0.15, 0.2) is 0 Å². The Bertz CT molecular complexity index is 545. The van der Waals surface area contributed by atoms with Crippen molar-refractivity contribution in [1.29, 1.82) is 0 Å². The molecule has 0 bridgehead atoms. The molecule has 0 unspecified atom stereocenters. The van der Waals surface area contributed by atoms with Gasteiger partial charge in [-0.25, -0.2) is 4.98 Å². The summed E-state index contributed by atoms with van der Waals surface area (Å²) in [5.41, 5.74) is 2.50. The SMILES string of the molecule is CC(C)(O)C(C)(C)OBc1ccc2ncsc2c1. The summed E-state index contributed by atoms with van der Waals surface area (Å²) in [6, 6.07) is 6.11. The van der Waals surface area contributed by atoms with Gasteiger partial charge in [0.25, 0.3) is 0 Å². The van der Waals surface area contributed by atoms with Crippen molar-refractivity contribution >= 4 is 34.5 Å². The number of fused-ring (bicyclic) bond motifs is 1. The second kappa shape index (κ2) is 4.65. The molecule has 96 valence electrons. The molecule has 2 aromatic rings. The molecule has 0 saturated heterocycles. The molecular formula is C13H18BNO2S. The van der Waals surface area contributed by atoms with Crippen molar-refractivity contribution in [3.63, 3.8) is 0 Å². The first-order valence-electron chi connectivity index (χ1n) is 5.98. The van der Waals surface area contributed by atoms with Gasteiger partial charge in [-0.2, -0.15) is 0 Å². The van der Waals surface area contributed by atoms with Gasteiger partial charge in [0.05, 0.1) is 26.9 Å². The van der Waals surface area contributed by atoms with Gasteiger partial charge in [-0.15, -0.1) is 11.3 Å². The third-order valence-corrected chi connectivity index (χ3v) is 4.26. The van der Waals surface area contributed by atoms with Crippen LogP contribution in [-0.4, -0.2) is 28.8 Å². The maximum Gasteiger partial charge on any atom is 0.309 e. The Hall–Kier alpha value is -0.905. The van der Waals surface area contributed by atoms with Crippen LogP contribution >= 0.6 is 11.3 Å². The van der Waals surface area contributed by atoms with E-state index in [1.54, 1.807) is 25.2 Å². The number of thiazole rings is 1. The van der Waals surface area contributed by atoms with Gasteiger partial charge in [-0.05, 0) is 39.8 Å². The number of hydrogen-bond acceptors (Lipinski definition) is 4. The number of aliphatic hydroxyl groups is 1. The van der Waals surface area contributed by atoms with Crippen molar-refractivity contribution in [2.24, 2.45) is 0 Å². The van der Waals surface area contributed by atoms with E-state index in [2.05, 4.69) is 11.1 Å². The third-order valence-electron chi connectivity index (χ3n) is 3.47. The van der Waals surface area contributed by atoms with Crippen LogP contribution in [0.3, 0.4) is 0 Å². The summed E-state index contributed by atoms with van der Waals surface area (Å²) in [6.45, 7) is 7.33. The predicted molar refractivity (Wildman–Crippen MR) is 77.9 cm³/mol. The van der Waals surface area contributed by atoms with E-state index in [9.17, 15) is 5.11 Å². The fourth-order valence-electron chi connectivity index (χ4n) is 1.43. The molecule has 2 rings (SSSR count). The molecule has 0 saturated carbocycles. The predicted octanol–water partition coefficient (Wildman–Crippen LogP) is 1.84. The molecule has 0 spiro atoms. The Morgan fingerprint density at radius 3 is 2.67 bits per heavy atom. The van der Waals surface area contributed by atoms with Crippen molar-refractivity contribution in [2.75, 3.05) is 0 Å². The normalized spacial score (nSPS) is 12.9. The van der Waals surface area contributed by atoms with E-state index in [1.165, 1.54) is 0 Å². The molecule has 0 amide bonds. The van der Waals surface area contributed by atoms with Crippen LogP contribution in [0.5, 0.6) is 0 Å². The summed E-state index contributed by atoms with van der Waals surface area (Å²) in [4.78, 5) is 4.25. The average molecular weight is 263 g/mol. The highest BCUT2D eigenvalue weighted by molar-refractivity contribution is 7.16. The lowest BCUT2D eigenvalue weighted by atomic mass is 9.82. The minimum absolute atomic E-state index is 0.491. The largest absolute Gasteiger partial charge is 0.427 e. The van der Waals surface area contributed by atoms with E-state index < -0.39 is 11.2 Å². The number of rotatable bonds is 4. The van der Waals surface area contributed by atoms with Gasteiger partial charge in [0.1, 0.15) is 0 Å². The highest BCUT2D eigenvalue weighted by Crippen LogP contribution is 2.24. The molecular weight excluding hydrogens is 245 g/mol. The van der Waals surface area contributed by atoms with Crippen LogP contribution in [0, 0.1) is 0 Å². The summed E-state index contributed by atoms with van der Waals surface area (Å²) < 4.78 is 7.00. The monoisotopic (exact) mass is 263 g/mol. The van der Waals surface area contributed by atoms with E-state index in [4.69, 9.17) is 4.65 Å². The molecule has 0 atom stereocenters. The minimum atomic E-state index is -0.873. The topological polar surface area (TPSA) is 42.4 Å². The molecule has 5 heteroatoms. The van der Waals surface area contributed by atoms with Crippen LogP contribution < -0.4 is 5.46 Å². The van der Waals surface area contributed by atoms with Crippen LogP contribution in [0.2, 0.25) is 0 Å². The number of aromatic nitrogens is 1. The molecule has 18 heavy (non-hydrogen) atoms. The second-order valence-corrected chi connectivity index (χ2v) is 6.40. The lowest BCUT2D eigenvalue weighted by Crippen LogP contribution is -2.49. The van der Waals surface area contributed by atoms with Crippen molar-refractivity contribution in [2.45, 2.75) is 38.9 Å². The van der Waals surface area contributed by atoms with E-state index in [0.29, 0.717) is 7.48 Å².